The first-order valence-electron chi connectivity index (χ1n) is 6.30. The maximum absolute atomic E-state index is 12.0. The molecule has 2 unspecified atom stereocenters. The van der Waals surface area contributed by atoms with Gasteiger partial charge in [0.25, 0.3) is 0 Å². The zero-order chi connectivity index (χ0) is 12.6. The summed E-state index contributed by atoms with van der Waals surface area (Å²) in [4.78, 5) is 24.0. The van der Waals surface area contributed by atoms with Crippen LogP contribution in [0.3, 0.4) is 0 Å². The Morgan fingerprint density at radius 3 is 2.41 bits per heavy atom. The molecule has 2 amide bonds. The van der Waals surface area contributed by atoms with E-state index < -0.39 is 0 Å². The van der Waals surface area contributed by atoms with E-state index in [0.717, 1.165) is 6.42 Å². The Hall–Kier alpha value is -1.12. The van der Waals surface area contributed by atoms with E-state index in [1.807, 2.05) is 0 Å². The molecule has 3 nitrogen and oxygen atoms in total. The van der Waals surface area contributed by atoms with Crippen LogP contribution in [0.4, 0.5) is 0 Å². The first kappa shape index (κ1) is 11.0. The van der Waals surface area contributed by atoms with Gasteiger partial charge in [-0.05, 0) is 30.1 Å². The van der Waals surface area contributed by atoms with Crippen molar-refractivity contribution in [2.75, 3.05) is 0 Å². The van der Waals surface area contributed by atoms with E-state index >= 15 is 0 Å². The third kappa shape index (κ3) is 1.17. The lowest BCUT2D eigenvalue weighted by Gasteiger charge is -2.56. The van der Waals surface area contributed by atoms with Gasteiger partial charge in [-0.15, -0.1) is 0 Å². The van der Waals surface area contributed by atoms with Gasteiger partial charge in [-0.2, -0.15) is 0 Å². The number of hydrogen-bond acceptors (Lipinski definition) is 2. The summed E-state index contributed by atoms with van der Waals surface area (Å²) < 4.78 is 0. The molecule has 4 atom stereocenters. The summed E-state index contributed by atoms with van der Waals surface area (Å²) in [7, 11) is 0. The van der Waals surface area contributed by atoms with Crippen LogP contribution >= 0.6 is 0 Å². The highest BCUT2D eigenvalue weighted by Gasteiger charge is 2.64. The van der Waals surface area contributed by atoms with Crippen molar-refractivity contribution in [3.8, 4) is 0 Å². The third-order valence-electron chi connectivity index (χ3n) is 4.99. The second kappa shape index (κ2) is 2.82. The van der Waals surface area contributed by atoms with Crippen molar-refractivity contribution in [1.29, 1.82) is 0 Å². The van der Waals surface area contributed by atoms with Gasteiger partial charge < -0.3 is 0 Å². The Morgan fingerprint density at radius 1 is 1.18 bits per heavy atom. The van der Waals surface area contributed by atoms with Crippen molar-refractivity contribution in [2.24, 2.45) is 28.6 Å². The van der Waals surface area contributed by atoms with Crippen LogP contribution < -0.4 is 5.32 Å². The van der Waals surface area contributed by atoms with Gasteiger partial charge in [-0.3, -0.25) is 14.9 Å². The molecule has 1 saturated carbocycles. The molecule has 3 aliphatic carbocycles. The second-order valence-corrected chi connectivity index (χ2v) is 6.89. The van der Waals surface area contributed by atoms with E-state index in [9.17, 15) is 9.59 Å². The fourth-order valence-corrected chi connectivity index (χ4v) is 4.99. The van der Waals surface area contributed by atoms with Crippen LogP contribution in [0.2, 0.25) is 0 Å². The molecule has 1 aliphatic heterocycles. The minimum atomic E-state index is -0.150. The van der Waals surface area contributed by atoms with Crippen molar-refractivity contribution in [3.05, 3.63) is 11.6 Å². The maximum Gasteiger partial charge on any atom is 0.231 e. The second-order valence-electron chi connectivity index (χ2n) is 6.89. The first-order chi connectivity index (χ1) is 7.76. The lowest BCUT2D eigenvalue weighted by molar-refractivity contribution is -0.135. The Balaban J connectivity index is 2.21. The van der Waals surface area contributed by atoms with Gasteiger partial charge in [0.2, 0.25) is 11.8 Å². The average Bonchev–Trinajstić information content (AvgIpc) is 2.39. The smallest absolute Gasteiger partial charge is 0.231 e. The van der Waals surface area contributed by atoms with Crippen LogP contribution in [0.15, 0.2) is 11.6 Å². The molecule has 4 rings (SSSR count). The molecule has 0 spiro atoms. The number of nitrogens with one attached hydrogen (secondary N) is 1. The monoisotopic (exact) mass is 233 g/mol. The van der Waals surface area contributed by atoms with Crippen LogP contribution in [-0.4, -0.2) is 11.8 Å². The summed E-state index contributed by atoms with van der Waals surface area (Å²) in [6, 6.07) is 0. The standard InChI is InChI=1S/C14H19NO2/c1-7-5-14(4)6-13(2,3)9(7)8-10(14)12(17)15-11(8)16/h5,8-10H,6H2,1-4H3,(H,15,16,17)/t8?,9-,10?,14-/m1/s1. The van der Waals surface area contributed by atoms with Crippen LogP contribution in [0.5, 0.6) is 0 Å². The maximum atomic E-state index is 12.0. The third-order valence-corrected chi connectivity index (χ3v) is 4.99. The van der Waals surface area contributed by atoms with Crippen molar-refractivity contribution in [1.82, 2.24) is 5.32 Å². The molecule has 0 radical (unpaired) electrons. The lowest BCUT2D eigenvalue weighted by atomic mass is 9.45. The number of imide groups is 1. The van der Waals surface area contributed by atoms with Gasteiger partial charge in [0.1, 0.15) is 0 Å². The van der Waals surface area contributed by atoms with Crippen molar-refractivity contribution >= 4 is 11.8 Å². The highest BCUT2D eigenvalue weighted by Crippen LogP contribution is 2.63. The zero-order valence-electron chi connectivity index (χ0n) is 10.8. The Kier molecular flexibility index (Phi) is 1.82. The average molecular weight is 233 g/mol. The molecule has 2 bridgehead atoms. The van der Waals surface area contributed by atoms with Crippen molar-refractivity contribution in [3.63, 3.8) is 0 Å². The molecule has 2 fully saturated rings. The number of carbonyl (C=O) groups excluding carboxylic acids is 2. The summed E-state index contributed by atoms with van der Waals surface area (Å²) in [5.41, 5.74) is 1.25. The van der Waals surface area contributed by atoms with Crippen LogP contribution in [-0.2, 0) is 9.59 Å². The summed E-state index contributed by atoms with van der Waals surface area (Å²) in [5.74, 6) is -0.179. The normalized spacial score (nSPS) is 46.6. The van der Waals surface area contributed by atoms with Gasteiger partial charge in [0.05, 0.1) is 11.8 Å². The Labute approximate surface area is 102 Å². The number of rotatable bonds is 0. The molecular formula is C14H19NO2. The molecule has 1 N–H and O–H groups in total. The zero-order valence-corrected chi connectivity index (χ0v) is 10.8. The van der Waals surface area contributed by atoms with Gasteiger partial charge in [-0.25, -0.2) is 0 Å². The predicted molar refractivity (Wildman–Crippen MR) is 63.9 cm³/mol. The highest BCUT2D eigenvalue weighted by molar-refractivity contribution is 6.06. The summed E-state index contributed by atoms with van der Waals surface area (Å²) in [5, 5.41) is 2.53. The molecule has 1 saturated heterocycles. The van der Waals surface area contributed by atoms with E-state index in [1.165, 1.54) is 5.57 Å². The largest absolute Gasteiger partial charge is 0.296 e. The minimum absolute atomic E-state index is 0.0588. The topological polar surface area (TPSA) is 46.2 Å². The van der Waals surface area contributed by atoms with E-state index in [2.05, 4.69) is 39.1 Å². The van der Waals surface area contributed by atoms with E-state index in [4.69, 9.17) is 0 Å². The molecule has 0 aromatic heterocycles. The Bertz CT molecular complexity index is 463. The Morgan fingerprint density at radius 2 is 1.82 bits per heavy atom. The van der Waals surface area contributed by atoms with Gasteiger partial charge in [0.15, 0.2) is 0 Å². The SMILES string of the molecule is CC1=C[C@]2(C)CC(C)(C)[C@H]1C1C(=O)NC(=O)C12. The molecule has 0 aromatic carbocycles. The molecule has 1 heterocycles. The predicted octanol–water partition coefficient (Wildman–Crippen LogP) is 1.89. The van der Waals surface area contributed by atoms with Crippen molar-refractivity contribution < 1.29 is 9.59 Å². The molecule has 3 heteroatoms. The van der Waals surface area contributed by atoms with Crippen LogP contribution in [0.1, 0.15) is 34.1 Å². The molecule has 4 aliphatic rings. The lowest BCUT2D eigenvalue weighted by Crippen LogP contribution is -2.54. The fraction of sp³-hybridized carbons (Fsp3) is 0.714. The summed E-state index contributed by atoms with van der Waals surface area (Å²) in [6.45, 7) is 8.68. The number of hydrogen-bond donors (Lipinski definition) is 1. The molecular weight excluding hydrogens is 214 g/mol. The fourth-order valence-electron chi connectivity index (χ4n) is 4.99. The van der Waals surface area contributed by atoms with E-state index in [-0.39, 0.29) is 40.4 Å². The quantitative estimate of drug-likeness (QED) is 0.513. The number of fused-ring (bicyclic) bond motifs is 1. The molecule has 0 aromatic rings. The first-order valence-corrected chi connectivity index (χ1v) is 6.30. The van der Waals surface area contributed by atoms with Gasteiger partial charge in [0, 0.05) is 0 Å². The van der Waals surface area contributed by atoms with Gasteiger partial charge >= 0.3 is 0 Å². The van der Waals surface area contributed by atoms with Gasteiger partial charge in [-0.1, -0.05) is 32.4 Å². The minimum Gasteiger partial charge on any atom is -0.296 e. The molecule has 17 heavy (non-hydrogen) atoms. The summed E-state index contributed by atoms with van der Waals surface area (Å²) in [6.07, 6.45) is 3.23. The van der Waals surface area contributed by atoms with E-state index in [0.29, 0.717) is 0 Å². The number of carbonyl (C=O) groups is 2. The summed E-state index contributed by atoms with van der Waals surface area (Å²) >= 11 is 0. The number of amides is 2. The molecule has 92 valence electrons. The van der Waals surface area contributed by atoms with E-state index in [1.54, 1.807) is 0 Å². The number of allylic oxidation sites excluding steroid dienone is 2. The van der Waals surface area contributed by atoms with Crippen LogP contribution in [0.25, 0.3) is 0 Å². The van der Waals surface area contributed by atoms with Crippen molar-refractivity contribution in [2.45, 2.75) is 34.1 Å². The highest BCUT2D eigenvalue weighted by atomic mass is 16.2. The van der Waals surface area contributed by atoms with Crippen LogP contribution in [0, 0.1) is 28.6 Å².